The van der Waals surface area contributed by atoms with E-state index in [1.807, 2.05) is 0 Å². The normalized spacial score (nSPS) is 29.6. The number of aliphatic hydroxyl groups excluding tert-OH is 1. The minimum absolute atomic E-state index is 0.00171. The van der Waals surface area contributed by atoms with Gasteiger partial charge in [0.1, 0.15) is 0 Å². The lowest BCUT2D eigenvalue weighted by Crippen LogP contribution is -2.21. The third-order valence-electron chi connectivity index (χ3n) is 2.80. The first-order valence-electron chi connectivity index (χ1n) is 5.00. The molecule has 1 saturated carbocycles. The van der Waals surface area contributed by atoms with E-state index in [0.717, 1.165) is 32.1 Å². The number of hydrogen-bond acceptors (Lipinski definition) is 3. The third-order valence-corrected chi connectivity index (χ3v) is 2.80. The van der Waals surface area contributed by atoms with E-state index in [4.69, 9.17) is 0 Å². The van der Waals surface area contributed by atoms with E-state index in [0.29, 0.717) is 6.42 Å². The van der Waals surface area contributed by atoms with Crippen LogP contribution in [0, 0.1) is 16.0 Å². The van der Waals surface area contributed by atoms with Crippen LogP contribution in [0.5, 0.6) is 0 Å². The molecule has 1 fully saturated rings. The van der Waals surface area contributed by atoms with Crippen molar-refractivity contribution in [3.8, 4) is 0 Å². The van der Waals surface area contributed by atoms with Gasteiger partial charge in [0.05, 0.1) is 6.10 Å². The van der Waals surface area contributed by atoms with Gasteiger partial charge in [-0.2, -0.15) is 0 Å². The molecule has 0 bridgehead atoms. The average molecular weight is 187 g/mol. The molecule has 76 valence electrons. The molecular weight excluding hydrogens is 170 g/mol. The molecule has 13 heavy (non-hydrogen) atoms. The minimum atomic E-state index is -0.303. The first-order chi connectivity index (χ1) is 6.20. The van der Waals surface area contributed by atoms with Crippen LogP contribution in [-0.4, -0.2) is 22.7 Å². The van der Waals surface area contributed by atoms with Crippen molar-refractivity contribution in [3.05, 3.63) is 10.1 Å². The van der Waals surface area contributed by atoms with Gasteiger partial charge in [-0.05, 0) is 18.8 Å². The van der Waals surface area contributed by atoms with E-state index >= 15 is 0 Å². The zero-order valence-corrected chi connectivity index (χ0v) is 7.82. The summed E-state index contributed by atoms with van der Waals surface area (Å²) >= 11 is 0. The molecule has 1 aliphatic rings. The Morgan fingerprint density at radius 1 is 1.31 bits per heavy atom. The highest BCUT2D eigenvalue weighted by molar-refractivity contribution is 4.72. The summed E-state index contributed by atoms with van der Waals surface area (Å²) in [7, 11) is 0. The van der Waals surface area contributed by atoms with Crippen molar-refractivity contribution >= 4 is 0 Å². The predicted octanol–water partition coefficient (Wildman–Crippen LogP) is 1.59. The molecule has 2 unspecified atom stereocenters. The van der Waals surface area contributed by atoms with Gasteiger partial charge in [0, 0.05) is 11.3 Å². The molecule has 0 aromatic carbocycles. The molecule has 4 nitrogen and oxygen atoms in total. The monoisotopic (exact) mass is 187 g/mol. The van der Waals surface area contributed by atoms with E-state index < -0.39 is 0 Å². The molecule has 0 saturated heterocycles. The smallest absolute Gasteiger partial charge is 0.204 e. The highest BCUT2D eigenvalue weighted by Crippen LogP contribution is 2.25. The highest BCUT2D eigenvalue weighted by Gasteiger charge is 2.22. The second-order valence-corrected chi connectivity index (χ2v) is 3.81. The van der Waals surface area contributed by atoms with Crippen LogP contribution in [0.15, 0.2) is 0 Å². The molecular formula is C9H17NO3. The number of hydrogen-bond donors (Lipinski definition) is 1. The summed E-state index contributed by atoms with van der Waals surface area (Å²) in [4.78, 5) is 9.86. The summed E-state index contributed by atoms with van der Waals surface area (Å²) in [5.74, 6) is 0.160. The summed E-state index contributed by atoms with van der Waals surface area (Å²) in [5.41, 5.74) is 0. The van der Waals surface area contributed by atoms with Crippen LogP contribution in [0.2, 0.25) is 0 Å². The van der Waals surface area contributed by atoms with Gasteiger partial charge in [-0.1, -0.05) is 19.3 Å². The molecule has 0 spiro atoms. The van der Waals surface area contributed by atoms with Crippen LogP contribution in [0.4, 0.5) is 0 Å². The Bertz CT molecular complexity index is 172. The Labute approximate surface area is 78.1 Å². The molecule has 0 heterocycles. The Balaban J connectivity index is 2.31. The van der Waals surface area contributed by atoms with Crippen molar-refractivity contribution in [1.82, 2.24) is 0 Å². The summed E-state index contributed by atoms with van der Waals surface area (Å²) in [6.07, 6.45) is 5.34. The lowest BCUT2D eigenvalue weighted by Gasteiger charge is -2.17. The topological polar surface area (TPSA) is 63.4 Å². The maximum atomic E-state index is 10.2. The number of nitrogens with zero attached hydrogens (tertiary/aromatic N) is 1. The zero-order chi connectivity index (χ0) is 9.68. The molecule has 2 atom stereocenters. The van der Waals surface area contributed by atoms with E-state index in [-0.39, 0.29) is 23.5 Å². The van der Waals surface area contributed by atoms with Crippen LogP contribution < -0.4 is 0 Å². The molecule has 0 amide bonds. The average Bonchev–Trinajstić information content (AvgIpc) is 2.27. The molecule has 1 N–H and O–H groups in total. The van der Waals surface area contributed by atoms with Crippen LogP contribution >= 0.6 is 0 Å². The van der Waals surface area contributed by atoms with Gasteiger partial charge in [0.25, 0.3) is 0 Å². The third kappa shape index (κ3) is 3.72. The highest BCUT2D eigenvalue weighted by atomic mass is 16.6. The maximum Gasteiger partial charge on any atom is 0.204 e. The van der Waals surface area contributed by atoms with Crippen molar-refractivity contribution in [3.63, 3.8) is 0 Å². The minimum Gasteiger partial charge on any atom is -0.393 e. The van der Waals surface area contributed by atoms with E-state index in [1.54, 1.807) is 0 Å². The van der Waals surface area contributed by atoms with Crippen molar-refractivity contribution < 1.29 is 10.0 Å². The second kappa shape index (κ2) is 5.17. The van der Waals surface area contributed by atoms with Crippen LogP contribution in [0.25, 0.3) is 0 Å². The van der Waals surface area contributed by atoms with Gasteiger partial charge in [-0.3, -0.25) is 10.1 Å². The Morgan fingerprint density at radius 3 is 2.69 bits per heavy atom. The Hall–Kier alpha value is -0.640. The van der Waals surface area contributed by atoms with Crippen molar-refractivity contribution in [2.24, 2.45) is 5.92 Å². The molecule has 4 heteroatoms. The fourth-order valence-corrected chi connectivity index (χ4v) is 1.97. The SMILES string of the molecule is O=[N+]([O-])CCC1CCCCCC1O. The van der Waals surface area contributed by atoms with Gasteiger partial charge >= 0.3 is 0 Å². The van der Waals surface area contributed by atoms with E-state index in [9.17, 15) is 15.2 Å². The van der Waals surface area contributed by atoms with Gasteiger partial charge in [-0.15, -0.1) is 0 Å². The summed E-state index contributed by atoms with van der Waals surface area (Å²) in [6, 6.07) is 0. The van der Waals surface area contributed by atoms with Crippen LogP contribution in [0.3, 0.4) is 0 Å². The van der Waals surface area contributed by atoms with Crippen molar-refractivity contribution in [1.29, 1.82) is 0 Å². The Kier molecular flexibility index (Phi) is 4.15. The van der Waals surface area contributed by atoms with E-state index in [2.05, 4.69) is 0 Å². The summed E-state index contributed by atoms with van der Waals surface area (Å²) < 4.78 is 0. The fourth-order valence-electron chi connectivity index (χ4n) is 1.97. The lowest BCUT2D eigenvalue weighted by atomic mass is 9.94. The zero-order valence-electron chi connectivity index (χ0n) is 7.82. The maximum absolute atomic E-state index is 10.2. The van der Waals surface area contributed by atoms with Gasteiger partial charge in [0.2, 0.25) is 6.54 Å². The number of nitro groups is 1. The van der Waals surface area contributed by atoms with Crippen molar-refractivity contribution in [2.45, 2.75) is 44.6 Å². The quantitative estimate of drug-likeness (QED) is 0.414. The number of rotatable bonds is 3. The van der Waals surface area contributed by atoms with Gasteiger partial charge in [-0.25, -0.2) is 0 Å². The standard InChI is InChI=1S/C9H17NO3/c11-9-5-3-1-2-4-8(9)6-7-10(12)13/h8-9,11H,1-7H2. The largest absolute Gasteiger partial charge is 0.393 e. The fraction of sp³-hybridized carbons (Fsp3) is 1.00. The molecule has 0 aliphatic heterocycles. The van der Waals surface area contributed by atoms with Gasteiger partial charge < -0.3 is 5.11 Å². The molecule has 0 radical (unpaired) electrons. The second-order valence-electron chi connectivity index (χ2n) is 3.81. The first kappa shape index (κ1) is 10.4. The van der Waals surface area contributed by atoms with Crippen LogP contribution in [-0.2, 0) is 0 Å². The Morgan fingerprint density at radius 2 is 2.00 bits per heavy atom. The van der Waals surface area contributed by atoms with Crippen molar-refractivity contribution in [2.75, 3.05) is 6.54 Å². The van der Waals surface area contributed by atoms with E-state index in [1.165, 1.54) is 0 Å². The van der Waals surface area contributed by atoms with Crippen LogP contribution in [0.1, 0.15) is 38.5 Å². The summed E-state index contributed by atoms with van der Waals surface area (Å²) in [6.45, 7) is 0.00171. The molecule has 1 aliphatic carbocycles. The molecule has 1 rings (SSSR count). The number of aliphatic hydroxyl groups is 1. The predicted molar refractivity (Wildman–Crippen MR) is 49.1 cm³/mol. The lowest BCUT2D eigenvalue weighted by molar-refractivity contribution is -0.482. The molecule has 0 aromatic heterocycles. The molecule has 0 aromatic rings. The first-order valence-corrected chi connectivity index (χ1v) is 5.00. The van der Waals surface area contributed by atoms with Gasteiger partial charge in [0.15, 0.2) is 0 Å². The summed E-state index contributed by atoms with van der Waals surface area (Å²) in [5, 5.41) is 19.8.